The zero-order valence-electron chi connectivity index (χ0n) is 10.9. The number of hydrogen-bond acceptors (Lipinski definition) is 4. The first-order valence-electron chi connectivity index (χ1n) is 7.12. The Morgan fingerprint density at radius 3 is 3.11 bits per heavy atom. The van der Waals surface area contributed by atoms with Crippen LogP contribution < -0.4 is 11.1 Å². The number of nitrogens with zero attached hydrogens (tertiary/aromatic N) is 3. The molecule has 19 heavy (non-hydrogen) atoms. The van der Waals surface area contributed by atoms with E-state index in [9.17, 15) is 0 Å². The van der Waals surface area contributed by atoms with Crippen molar-refractivity contribution < 1.29 is 0 Å². The quantitative estimate of drug-likeness (QED) is 0.884. The smallest absolute Gasteiger partial charge is 0.180 e. The summed E-state index contributed by atoms with van der Waals surface area (Å²) in [5, 5.41) is 3.47. The van der Waals surface area contributed by atoms with Crippen LogP contribution in [0, 0.1) is 17.8 Å². The summed E-state index contributed by atoms with van der Waals surface area (Å²) in [4.78, 5) is 8.72. The first-order chi connectivity index (χ1) is 9.29. The maximum Gasteiger partial charge on any atom is 0.180 e. The lowest BCUT2D eigenvalue weighted by Gasteiger charge is -2.22. The molecule has 0 aliphatic heterocycles. The van der Waals surface area contributed by atoms with Crippen molar-refractivity contribution in [1.29, 1.82) is 0 Å². The van der Waals surface area contributed by atoms with Gasteiger partial charge >= 0.3 is 0 Å². The van der Waals surface area contributed by atoms with Crippen molar-refractivity contribution in [3.05, 3.63) is 18.6 Å². The normalized spacial score (nSPS) is 29.2. The van der Waals surface area contributed by atoms with E-state index >= 15 is 0 Å². The van der Waals surface area contributed by atoms with Gasteiger partial charge in [0.1, 0.15) is 5.82 Å². The molecule has 0 spiro atoms. The van der Waals surface area contributed by atoms with Crippen LogP contribution in [0.2, 0.25) is 0 Å². The van der Waals surface area contributed by atoms with Crippen LogP contribution in [-0.4, -0.2) is 20.9 Å². The Morgan fingerprint density at radius 1 is 1.37 bits per heavy atom. The topological polar surface area (TPSA) is 68.2 Å². The highest BCUT2D eigenvalue weighted by molar-refractivity contribution is 5.64. The molecule has 0 aromatic carbocycles. The maximum atomic E-state index is 5.83. The number of nitrogens with one attached hydrogen (secondary N) is 1. The first kappa shape index (κ1) is 11.1. The highest BCUT2D eigenvalue weighted by atomic mass is 15.1. The number of hydrogen-bond donors (Lipinski definition) is 2. The molecule has 2 saturated carbocycles. The van der Waals surface area contributed by atoms with Crippen LogP contribution in [0.25, 0.3) is 5.65 Å². The molecule has 5 heteroatoms. The third kappa shape index (κ3) is 1.84. The summed E-state index contributed by atoms with van der Waals surface area (Å²) < 4.78 is 1.92. The Balaban J connectivity index is 1.53. The lowest BCUT2D eigenvalue weighted by molar-refractivity contribution is 0.348. The molecule has 2 aromatic rings. The number of anilines is 2. The highest BCUT2D eigenvalue weighted by Crippen LogP contribution is 2.48. The van der Waals surface area contributed by atoms with Crippen molar-refractivity contribution >= 4 is 17.3 Å². The second kappa shape index (κ2) is 4.11. The number of nitrogen functional groups attached to an aromatic ring is 1. The van der Waals surface area contributed by atoms with Crippen LogP contribution in [-0.2, 0) is 0 Å². The number of nitrogens with two attached hydrogens (primary N) is 1. The number of fused-ring (bicyclic) bond motifs is 3. The Kier molecular flexibility index (Phi) is 2.40. The molecule has 2 heterocycles. The molecule has 5 nitrogen and oxygen atoms in total. The van der Waals surface area contributed by atoms with Crippen LogP contribution in [0.3, 0.4) is 0 Å². The van der Waals surface area contributed by atoms with Gasteiger partial charge in [0.25, 0.3) is 0 Å². The average Bonchev–Trinajstić information content (AvgIpc) is 3.10. The van der Waals surface area contributed by atoms with Gasteiger partial charge in [-0.15, -0.1) is 0 Å². The van der Waals surface area contributed by atoms with Crippen molar-refractivity contribution in [2.75, 3.05) is 17.6 Å². The molecule has 2 bridgehead atoms. The molecule has 0 saturated heterocycles. The van der Waals surface area contributed by atoms with E-state index in [0.717, 1.165) is 35.8 Å². The molecule has 100 valence electrons. The van der Waals surface area contributed by atoms with Gasteiger partial charge in [0.05, 0.1) is 6.20 Å². The number of imidazole rings is 1. The standard InChI is InChI=1S/C14H19N5/c15-12-8-19-4-3-16-14(19)13(18-12)17-7-11-6-9-1-2-10(11)5-9/h3-4,8-11H,1-2,5-7,15H2,(H,17,18). The van der Waals surface area contributed by atoms with E-state index in [2.05, 4.69) is 15.3 Å². The summed E-state index contributed by atoms with van der Waals surface area (Å²) in [5.41, 5.74) is 6.69. The summed E-state index contributed by atoms with van der Waals surface area (Å²) in [6.07, 6.45) is 11.2. The van der Waals surface area contributed by atoms with Gasteiger partial charge < -0.3 is 15.5 Å². The minimum atomic E-state index is 0.529. The van der Waals surface area contributed by atoms with E-state index in [-0.39, 0.29) is 0 Å². The molecule has 4 rings (SSSR count). The van der Waals surface area contributed by atoms with Crippen molar-refractivity contribution in [2.45, 2.75) is 25.7 Å². The van der Waals surface area contributed by atoms with Crippen molar-refractivity contribution in [1.82, 2.24) is 14.4 Å². The minimum absolute atomic E-state index is 0.529. The molecule has 2 aliphatic rings. The van der Waals surface area contributed by atoms with E-state index in [1.165, 1.54) is 25.7 Å². The molecule has 2 aliphatic carbocycles. The molecule has 2 aromatic heterocycles. The fraction of sp³-hybridized carbons (Fsp3) is 0.571. The Bertz CT molecular complexity index is 605. The van der Waals surface area contributed by atoms with Gasteiger partial charge in [-0.3, -0.25) is 0 Å². The van der Waals surface area contributed by atoms with Gasteiger partial charge in [0.2, 0.25) is 0 Å². The van der Waals surface area contributed by atoms with Gasteiger partial charge in [-0.2, -0.15) is 0 Å². The van der Waals surface area contributed by atoms with E-state index < -0.39 is 0 Å². The van der Waals surface area contributed by atoms with Crippen LogP contribution in [0.1, 0.15) is 25.7 Å². The maximum absolute atomic E-state index is 5.83. The molecule has 0 amide bonds. The van der Waals surface area contributed by atoms with Crippen LogP contribution in [0.5, 0.6) is 0 Å². The van der Waals surface area contributed by atoms with Crippen LogP contribution in [0.15, 0.2) is 18.6 Å². The first-order valence-corrected chi connectivity index (χ1v) is 7.12. The molecule has 2 fully saturated rings. The predicted molar refractivity (Wildman–Crippen MR) is 74.8 cm³/mol. The Hall–Kier alpha value is -1.78. The third-order valence-electron chi connectivity index (χ3n) is 4.81. The summed E-state index contributed by atoms with van der Waals surface area (Å²) >= 11 is 0. The SMILES string of the molecule is Nc1cn2ccnc2c(NCC2CC3CCC2C3)n1. The number of rotatable bonds is 3. The monoisotopic (exact) mass is 257 g/mol. The van der Waals surface area contributed by atoms with Gasteiger partial charge in [-0.1, -0.05) is 6.42 Å². The molecular weight excluding hydrogens is 238 g/mol. The number of aromatic nitrogens is 3. The molecule has 3 atom stereocenters. The van der Waals surface area contributed by atoms with E-state index in [4.69, 9.17) is 5.73 Å². The van der Waals surface area contributed by atoms with Gasteiger partial charge in [-0.05, 0) is 37.0 Å². The molecule has 3 unspecified atom stereocenters. The lowest BCUT2D eigenvalue weighted by Crippen LogP contribution is -2.21. The largest absolute Gasteiger partial charge is 0.382 e. The third-order valence-corrected chi connectivity index (χ3v) is 4.81. The average molecular weight is 257 g/mol. The van der Waals surface area contributed by atoms with E-state index in [1.807, 2.05) is 10.6 Å². The van der Waals surface area contributed by atoms with Gasteiger partial charge in [-0.25, -0.2) is 9.97 Å². The van der Waals surface area contributed by atoms with Gasteiger partial charge in [0, 0.05) is 18.9 Å². The summed E-state index contributed by atoms with van der Waals surface area (Å²) in [6, 6.07) is 0. The van der Waals surface area contributed by atoms with Crippen LogP contribution in [0.4, 0.5) is 11.6 Å². The van der Waals surface area contributed by atoms with E-state index in [1.54, 1.807) is 12.4 Å². The lowest BCUT2D eigenvalue weighted by atomic mass is 9.89. The fourth-order valence-corrected chi connectivity index (χ4v) is 3.92. The summed E-state index contributed by atoms with van der Waals surface area (Å²) in [6.45, 7) is 1.00. The Morgan fingerprint density at radius 2 is 2.32 bits per heavy atom. The highest BCUT2D eigenvalue weighted by Gasteiger charge is 2.39. The van der Waals surface area contributed by atoms with E-state index in [0.29, 0.717) is 5.82 Å². The van der Waals surface area contributed by atoms with Crippen LogP contribution >= 0.6 is 0 Å². The van der Waals surface area contributed by atoms with Crippen molar-refractivity contribution in [2.24, 2.45) is 17.8 Å². The second-order valence-electron chi connectivity index (χ2n) is 5.99. The molecule has 0 radical (unpaired) electrons. The summed E-state index contributed by atoms with van der Waals surface area (Å²) in [5.74, 6) is 4.05. The molecule has 3 N–H and O–H groups in total. The fourth-order valence-electron chi connectivity index (χ4n) is 3.92. The zero-order valence-corrected chi connectivity index (χ0v) is 10.9. The van der Waals surface area contributed by atoms with Crippen molar-refractivity contribution in [3.8, 4) is 0 Å². The second-order valence-corrected chi connectivity index (χ2v) is 5.99. The van der Waals surface area contributed by atoms with Crippen molar-refractivity contribution in [3.63, 3.8) is 0 Å². The summed E-state index contributed by atoms with van der Waals surface area (Å²) in [7, 11) is 0. The molecular formula is C14H19N5. The minimum Gasteiger partial charge on any atom is -0.382 e. The van der Waals surface area contributed by atoms with Gasteiger partial charge in [0.15, 0.2) is 11.5 Å². The Labute approximate surface area is 112 Å². The predicted octanol–water partition coefficient (Wildman–Crippen LogP) is 2.16. The zero-order chi connectivity index (χ0) is 12.8.